The number of ether oxygens (including phenoxy) is 1. The van der Waals surface area contributed by atoms with Gasteiger partial charge < -0.3 is 9.84 Å². The molecule has 106 valence electrons. The van der Waals surface area contributed by atoms with E-state index in [9.17, 15) is 4.79 Å². The number of hydrogen-bond donors (Lipinski definition) is 1. The summed E-state index contributed by atoms with van der Waals surface area (Å²) in [7, 11) is 0. The highest BCUT2D eigenvalue weighted by atomic mass is 16.5. The topological polar surface area (TPSA) is 70.3 Å². The molecule has 0 aliphatic carbocycles. The molecule has 0 fully saturated rings. The van der Waals surface area contributed by atoms with Crippen molar-refractivity contribution in [2.24, 2.45) is 5.92 Å². The van der Waals surface area contributed by atoms with Crippen molar-refractivity contribution < 1.29 is 14.6 Å². The van der Waals surface area contributed by atoms with Gasteiger partial charge in [0.15, 0.2) is 6.10 Å². The Morgan fingerprint density at radius 3 is 2.60 bits per heavy atom. The van der Waals surface area contributed by atoms with Crippen molar-refractivity contribution in [3.05, 3.63) is 35.9 Å². The average Bonchev–Trinajstić information content (AvgIpc) is 2.45. The molecule has 0 spiro atoms. The maximum absolute atomic E-state index is 10.4. The molecule has 4 nitrogen and oxygen atoms in total. The SMILES string of the molecule is CCC(C)CC(C#N)Oc1ccc(C=CC(=O)O)cc1. The van der Waals surface area contributed by atoms with Gasteiger partial charge in [0, 0.05) is 12.5 Å². The summed E-state index contributed by atoms with van der Waals surface area (Å²) in [5.74, 6) is 0.0770. The quantitative estimate of drug-likeness (QED) is 0.772. The van der Waals surface area contributed by atoms with Crippen LogP contribution in [0, 0.1) is 17.2 Å². The Labute approximate surface area is 119 Å². The second-order valence-electron chi connectivity index (χ2n) is 4.73. The van der Waals surface area contributed by atoms with E-state index < -0.39 is 12.1 Å². The number of nitriles is 1. The van der Waals surface area contributed by atoms with Gasteiger partial charge >= 0.3 is 5.97 Å². The number of rotatable bonds is 7. The normalized spacial score (nSPS) is 13.7. The van der Waals surface area contributed by atoms with Gasteiger partial charge in [0.2, 0.25) is 0 Å². The Kier molecular flexibility index (Phi) is 6.31. The summed E-state index contributed by atoms with van der Waals surface area (Å²) in [6.07, 6.45) is 3.85. The Morgan fingerprint density at radius 2 is 2.10 bits per heavy atom. The molecule has 0 saturated heterocycles. The highest BCUT2D eigenvalue weighted by Crippen LogP contribution is 2.18. The molecule has 4 heteroatoms. The summed E-state index contributed by atoms with van der Waals surface area (Å²) in [4.78, 5) is 10.4. The van der Waals surface area contributed by atoms with Gasteiger partial charge in [0.1, 0.15) is 11.8 Å². The van der Waals surface area contributed by atoms with Gasteiger partial charge in [-0.05, 0) is 29.7 Å². The summed E-state index contributed by atoms with van der Waals surface area (Å²) in [6.45, 7) is 4.18. The van der Waals surface area contributed by atoms with Gasteiger partial charge in [-0.25, -0.2) is 4.79 Å². The fourth-order valence-electron chi connectivity index (χ4n) is 1.65. The molecule has 2 atom stereocenters. The predicted octanol–water partition coefficient (Wildman–Crippen LogP) is 3.49. The molecule has 1 aromatic carbocycles. The lowest BCUT2D eigenvalue weighted by atomic mass is 10.0. The van der Waals surface area contributed by atoms with E-state index in [0.29, 0.717) is 18.1 Å². The van der Waals surface area contributed by atoms with E-state index in [0.717, 1.165) is 18.1 Å². The minimum Gasteiger partial charge on any atom is -0.478 e. The monoisotopic (exact) mass is 273 g/mol. The lowest BCUT2D eigenvalue weighted by Gasteiger charge is -2.15. The zero-order valence-electron chi connectivity index (χ0n) is 11.7. The van der Waals surface area contributed by atoms with Crippen LogP contribution in [0.2, 0.25) is 0 Å². The van der Waals surface area contributed by atoms with E-state index in [4.69, 9.17) is 15.1 Å². The molecule has 0 radical (unpaired) electrons. The maximum Gasteiger partial charge on any atom is 0.328 e. The van der Waals surface area contributed by atoms with Crippen molar-refractivity contribution in [1.82, 2.24) is 0 Å². The molecule has 0 amide bonds. The number of aliphatic carboxylic acids is 1. The number of carboxylic acid groups (broad SMARTS) is 1. The fourth-order valence-corrected chi connectivity index (χ4v) is 1.65. The smallest absolute Gasteiger partial charge is 0.328 e. The van der Waals surface area contributed by atoms with E-state index >= 15 is 0 Å². The van der Waals surface area contributed by atoms with Crippen molar-refractivity contribution in [2.45, 2.75) is 32.8 Å². The van der Waals surface area contributed by atoms with Crippen LogP contribution in [0.1, 0.15) is 32.3 Å². The lowest BCUT2D eigenvalue weighted by Crippen LogP contribution is -2.17. The molecule has 1 aromatic rings. The molecule has 0 aromatic heterocycles. The predicted molar refractivity (Wildman–Crippen MR) is 77.2 cm³/mol. The van der Waals surface area contributed by atoms with Crippen LogP contribution >= 0.6 is 0 Å². The van der Waals surface area contributed by atoms with Crippen LogP contribution in [0.5, 0.6) is 5.75 Å². The zero-order chi connectivity index (χ0) is 15.0. The highest BCUT2D eigenvalue weighted by molar-refractivity contribution is 5.85. The first-order chi connectivity index (χ1) is 9.55. The minimum absolute atomic E-state index is 0.442. The average molecular weight is 273 g/mol. The second-order valence-corrected chi connectivity index (χ2v) is 4.73. The molecule has 0 aliphatic heterocycles. The third-order valence-corrected chi connectivity index (χ3v) is 3.03. The number of benzene rings is 1. The van der Waals surface area contributed by atoms with E-state index in [1.165, 1.54) is 6.08 Å². The molecule has 0 aliphatic rings. The van der Waals surface area contributed by atoms with Gasteiger partial charge in [-0.1, -0.05) is 32.4 Å². The van der Waals surface area contributed by atoms with Crippen molar-refractivity contribution in [2.75, 3.05) is 0 Å². The molecule has 0 saturated carbocycles. The molecule has 20 heavy (non-hydrogen) atoms. The first-order valence-electron chi connectivity index (χ1n) is 6.62. The van der Waals surface area contributed by atoms with Crippen LogP contribution in [-0.2, 0) is 4.79 Å². The summed E-state index contributed by atoms with van der Waals surface area (Å²) < 4.78 is 5.62. The molecule has 1 N–H and O–H groups in total. The van der Waals surface area contributed by atoms with Crippen LogP contribution < -0.4 is 4.74 Å². The first kappa shape index (κ1) is 15.8. The fraction of sp³-hybridized carbons (Fsp3) is 0.375. The van der Waals surface area contributed by atoms with Gasteiger partial charge in [-0.3, -0.25) is 0 Å². The van der Waals surface area contributed by atoms with Gasteiger partial charge in [-0.2, -0.15) is 5.26 Å². The van der Waals surface area contributed by atoms with Crippen molar-refractivity contribution in [1.29, 1.82) is 5.26 Å². The standard InChI is InChI=1S/C16H19NO3/c1-3-12(2)10-15(11-17)20-14-7-4-13(5-8-14)6-9-16(18)19/h4-9,12,15H,3,10H2,1-2H3,(H,18,19). The second kappa shape index (κ2) is 8.00. The summed E-state index contributed by atoms with van der Waals surface area (Å²) in [5, 5.41) is 17.6. The summed E-state index contributed by atoms with van der Waals surface area (Å²) in [6, 6.07) is 9.15. The summed E-state index contributed by atoms with van der Waals surface area (Å²) in [5.41, 5.74) is 0.773. The van der Waals surface area contributed by atoms with Crippen LogP contribution in [-0.4, -0.2) is 17.2 Å². The maximum atomic E-state index is 10.4. The molecule has 0 heterocycles. The zero-order valence-corrected chi connectivity index (χ0v) is 11.7. The van der Waals surface area contributed by atoms with E-state index in [2.05, 4.69) is 19.9 Å². The number of hydrogen-bond acceptors (Lipinski definition) is 3. The minimum atomic E-state index is -0.983. The summed E-state index contributed by atoms with van der Waals surface area (Å²) >= 11 is 0. The molecule has 1 rings (SSSR count). The van der Waals surface area contributed by atoms with Crippen molar-refractivity contribution in [3.8, 4) is 11.8 Å². The van der Waals surface area contributed by atoms with E-state index in [1.807, 2.05) is 0 Å². The molecule has 0 bridgehead atoms. The van der Waals surface area contributed by atoms with Crippen molar-refractivity contribution >= 4 is 12.0 Å². The van der Waals surface area contributed by atoms with Crippen LogP contribution in [0.25, 0.3) is 6.08 Å². The highest BCUT2D eigenvalue weighted by Gasteiger charge is 2.12. The molecular weight excluding hydrogens is 254 g/mol. The Balaban J connectivity index is 2.64. The van der Waals surface area contributed by atoms with E-state index in [-0.39, 0.29) is 0 Å². The Hall–Kier alpha value is -2.28. The van der Waals surface area contributed by atoms with Gasteiger partial charge in [-0.15, -0.1) is 0 Å². The third-order valence-electron chi connectivity index (χ3n) is 3.03. The van der Waals surface area contributed by atoms with Gasteiger partial charge in [0.25, 0.3) is 0 Å². The van der Waals surface area contributed by atoms with Crippen LogP contribution in [0.4, 0.5) is 0 Å². The number of nitrogens with zero attached hydrogens (tertiary/aromatic N) is 1. The molecular formula is C16H19NO3. The van der Waals surface area contributed by atoms with E-state index in [1.54, 1.807) is 24.3 Å². The van der Waals surface area contributed by atoms with Crippen molar-refractivity contribution in [3.63, 3.8) is 0 Å². The van der Waals surface area contributed by atoms with Crippen LogP contribution in [0.15, 0.2) is 30.3 Å². The third kappa shape index (κ3) is 5.57. The largest absolute Gasteiger partial charge is 0.478 e. The number of carbonyl (C=O) groups is 1. The first-order valence-corrected chi connectivity index (χ1v) is 6.62. The van der Waals surface area contributed by atoms with Crippen LogP contribution in [0.3, 0.4) is 0 Å². The lowest BCUT2D eigenvalue weighted by molar-refractivity contribution is -0.131. The Morgan fingerprint density at radius 1 is 1.45 bits per heavy atom. The molecule has 2 unspecified atom stereocenters. The Bertz CT molecular complexity index is 499. The number of carboxylic acids is 1. The van der Waals surface area contributed by atoms with Gasteiger partial charge in [0.05, 0.1) is 0 Å².